The van der Waals surface area contributed by atoms with Gasteiger partial charge in [0.05, 0.1) is 5.52 Å². The van der Waals surface area contributed by atoms with Gasteiger partial charge < -0.3 is 0 Å². The Morgan fingerprint density at radius 2 is 1.89 bits per heavy atom. The molecule has 1 aliphatic carbocycles. The Hall–Kier alpha value is -2.17. The SMILES string of the molecule is c1ccc2c(c1)nnn2C1(n2cccn2)CCCC1. The van der Waals surface area contributed by atoms with Crippen LogP contribution >= 0.6 is 0 Å². The number of benzene rings is 1. The van der Waals surface area contributed by atoms with Gasteiger partial charge in [-0.15, -0.1) is 5.10 Å². The second-order valence-corrected chi connectivity index (χ2v) is 5.13. The summed E-state index contributed by atoms with van der Waals surface area (Å²) in [5, 5.41) is 13.2. The lowest BCUT2D eigenvalue weighted by molar-refractivity contribution is 0.191. The smallest absolute Gasteiger partial charge is 0.156 e. The van der Waals surface area contributed by atoms with Crippen molar-refractivity contribution in [3.63, 3.8) is 0 Å². The molecule has 0 unspecified atom stereocenters. The predicted molar refractivity (Wildman–Crippen MR) is 71.6 cm³/mol. The Morgan fingerprint density at radius 1 is 1.05 bits per heavy atom. The molecule has 96 valence electrons. The van der Waals surface area contributed by atoms with Crippen LogP contribution in [0.3, 0.4) is 0 Å². The van der Waals surface area contributed by atoms with Crippen molar-refractivity contribution in [2.24, 2.45) is 0 Å². The number of nitrogens with zero attached hydrogens (tertiary/aromatic N) is 5. The number of hydrogen-bond acceptors (Lipinski definition) is 3. The first-order chi connectivity index (χ1) is 9.40. The van der Waals surface area contributed by atoms with Crippen molar-refractivity contribution >= 4 is 11.0 Å². The fourth-order valence-electron chi connectivity index (χ4n) is 3.17. The van der Waals surface area contributed by atoms with E-state index < -0.39 is 0 Å². The zero-order valence-corrected chi connectivity index (χ0v) is 10.6. The molecule has 0 amide bonds. The average molecular weight is 253 g/mol. The summed E-state index contributed by atoms with van der Waals surface area (Å²) < 4.78 is 4.10. The van der Waals surface area contributed by atoms with Crippen LogP contribution in [-0.4, -0.2) is 24.8 Å². The second kappa shape index (κ2) is 3.91. The molecule has 19 heavy (non-hydrogen) atoms. The Balaban J connectivity index is 1.97. The summed E-state index contributed by atoms with van der Waals surface area (Å²) in [6.07, 6.45) is 8.38. The molecule has 1 saturated carbocycles. The number of fused-ring (bicyclic) bond motifs is 1. The Kier molecular flexibility index (Phi) is 2.21. The van der Waals surface area contributed by atoms with E-state index in [2.05, 4.69) is 26.2 Å². The third-order valence-electron chi connectivity index (χ3n) is 4.08. The number of rotatable bonds is 2. The highest BCUT2D eigenvalue weighted by atomic mass is 15.5. The molecule has 0 bridgehead atoms. The largest absolute Gasteiger partial charge is 0.245 e. The van der Waals surface area contributed by atoms with Crippen LogP contribution in [0.25, 0.3) is 11.0 Å². The third kappa shape index (κ3) is 1.44. The van der Waals surface area contributed by atoms with E-state index in [0.717, 1.165) is 23.9 Å². The van der Waals surface area contributed by atoms with E-state index in [1.54, 1.807) is 0 Å². The summed E-state index contributed by atoms with van der Waals surface area (Å²) in [4.78, 5) is 0. The topological polar surface area (TPSA) is 48.5 Å². The Labute approximate surface area is 110 Å². The molecule has 0 radical (unpaired) electrons. The lowest BCUT2D eigenvalue weighted by atomic mass is 10.1. The van der Waals surface area contributed by atoms with E-state index >= 15 is 0 Å². The molecule has 0 aliphatic heterocycles. The van der Waals surface area contributed by atoms with Crippen LogP contribution in [0.5, 0.6) is 0 Å². The third-order valence-corrected chi connectivity index (χ3v) is 4.08. The second-order valence-electron chi connectivity index (χ2n) is 5.13. The number of hydrogen-bond donors (Lipinski definition) is 0. The van der Waals surface area contributed by atoms with Gasteiger partial charge in [0.25, 0.3) is 0 Å². The molecular weight excluding hydrogens is 238 g/mol. The molecule has 1 fully saturated rings. The van der Waals surface area contributed by atoms with Gasteiger partial charge in [-0.1, -0.05) is 17.3 Å². The van der Waals surface area contributed by atoms with Gasteiger partial charge in [-0.05, 0) is 43.9 Å². The lowest BCUT2D eigenvalue weighted by Crippen LogP contribution is -2.39. The van der Waals surface area contributed by atoms with Crippen LogP contribution in [0, 0.1) is 0 Å². The summed E-state index contributed by atoms with van der Waals surface area (Å²) >= 11 is 0. The van der Waals surface area contributed by atoms with Crippen LogP contribution in [-0.2, 0) is 5.66 Å². The van der Waals surface area contributed by atoms with Crippen molar-refractivity contribution in [2.45, 2.75) is 31.3 Å². The summed E-state index contributed by atoms with van der Waals surface area (Å²) in [6, 6.07) is 10.1. The average Bonchev–Trinajstić information content (AvgIpc) is 3.18. The summed E-state index contributed by atoms with van der Waals surface area (Å²) in [6.45, 7) is 0. The minimum absolute atomic E-state index is 0.181. The van der Waals surface area contributed by atoms with Gasteiger partial charge in [0.15, 0.2) is 5.66 Å². The molecule has 0 N–H and O–H groups in total. The first-order valence-corrected chi connectivity index (χ1v) is 6.71. The zero-order chi connectivity index (χ0) is 12.7. The van der Waals surface area contributed by atoms with Crippen molar-refractivity contribution < 1.29 is 0 Å². The van der Waals surface area contributed by atoms with Gasteiger partial charge in [-0.25, -0.2) is 9.36 Å². The predicted octanol–water partition coefficient (Wildman–Crippen LogP) is 2.40. The van der Waals surface area contributed by atoms with Gasteiger partial charge in [0.2, 0.25) is 0 Å². The highest BCUT2D eigenvalue weighted by Crippen LogP contribution is 2.38. The van der Waals surface area contributed by atoms with Gasteiger partial charge in [-0.2, -0.15) is 5.10 Å². The Morgan fingerprint density at radius 3 is 2.68 bits per heavy atom. The molecule has 2 aromatic heterocycles. The molecular formula is C14H15N5. The summed E-state index contributed by atoms with van der Waals surface area (Å²) in [7, 11) is 0. The minimum Gasteiger partial charge on any atom is -0.245 e. The lowest BCUT2D eigenvalue weighted by Gasteiger charge is -2.30. The Bertz CT molecular complexity index is 692. The monoisotopic (exact) mass is 253 g/mol. The maximum atomic E-state index is 4.46. The molecule has 1 aromatic carbocycles. The number of para-hydroxylation sites is 1. The molecule has 2 heterocycles. The van der Waals surface area contributed by atoms with Crippen LogP contribution in [0.2, 0.25) is 0 Å². The maximum Gasteiger partial charge on any atom is 0.156 e. The number of aromatic nitrogens is 5. The van der Waals surface area contributed by atoms with Crippen LogP contribution < -0.4 is 0 Å². The van der Waals surface area contributed by atoms with Gasteiger partial charge >= 0.3 is 0 Å². The van der Waals surface area contributed by atoms with Crippen LogP contribution in [0.1, 0.15) is 25.7 Å². The van der Waals surface area contributed by atoms with Crippen molar-refractivity contribution in [2.75, 3.05) is 0 Å². The zero-order valence-electron chi connectivity index (χ0n) is 10.6. The molecule has 0 spiro atoms. The van der Waals surface area contributed by atoms with E-state index in [1.165, 1.54) is 12.8 Å². The van der Waals surface area contributed by atoms with E-state index in [9.17, 15) is 0 Å². The minimum atomic E-state index is -0.181. The standard InChI is InChI=1S/C14H15N5/c1-2-7-13-12(6-1)16-17-19(13)14(8-3-4-9-14)18-11-5-10-15-18/h1-2,5-7,10-11H,3-4,8-9H2. The van der Waals surface area contributed by atoms with E-state index in [1.807, 2.05) is 41.3 Å². The summed E-state index contributed by atoms with van der Waals surface area (Å²) in [5.74, 6) is 0. The maximum absolute atomic E-state index is 4.46. The molecule has 0 saturated heterocycles. The van der Waals surface area contributed by atoms with Crippen molar-refractivity contribution in [3.05, 3.63) is 42.7 Å². The van der Waals surface area contributed by atoms with Gasteiger partial charge in [0, 0.05) is 12.4 Å². The van der Waals surface area contributed by atoms with Crippen LogP contribution in [0.15, 0.2) is 42.7 Å². The van der Waals surface area contributed by atoms with E-state index in [4.69, 9.17) is 0 Å². The van der Waals surface area contributed by atoms with Crippen molar-refractivity contribution in [3.8, 4) is 0 Å². The highest BCUT2D eigenvalue weighted by Gasteiger charge is 2.40. The first-order valence-electron chi connectivity index (χ1n) is 6.71. The molecule has 3 aromatic rings. The van der Waals surface area contributed by atoms with Crippen molar-refractivity contribution in [1.29, 1.82) is 0 Å². The van der Waals surface area contributed by atoms with Gasteiger partial charge in [-0.3, -0.25) is 0 Å². The van der Waals surface area contributed by atoms with E-state index in [-0.39, 0.29) is 5.66 Å². The normalized spacial score (nSPS) is 18.1. The first kappa shape index (κ1) is 10.7. The van der Waals surface area contributed by atoms with E-state index in [0.29, 0.717) is 0 Å². The molecule has 0 atom stereocenters. The molecule has 4 rings (SSSR count). The fourth-order valence-corrected chi connectivity index (χ4v) is 3.17. The summed E-state index contributed by atoms with van der Waals surface area (Å²) in [5.41, 5.74) is 1.85. The molecule has 5 nitrogen and oxygen atoms in total. The fraction of sp³-hybridized carbons (Fsp3) is 0.357. The quantitative estimate of drug-likeness (QED) is 0.704. The van der Waals surface area contributed by atoms with Gasteiger partial charge in [0.1, 0.15) is 5.52 Å². The molecule has 1 aliphatic rings. The highest BCUT2D eigenvalue weighted by molar-refractivity contribution is 5.74. The van der Waals surface area contributed by atoms with Crippen molar-refractivity contribution in [1.82, 2.24) is 24.8 Å². The molecule has 5 heteroatoms. The van der Waals surface area contributed by atoms with Crippen LogP contribution in [0.4, 0.5) is 0 Å².